The summed E-state index contributed by atoms with van der Waals surface area (Å²) < 4.78 is 6.16. The van der Waals surface area contributed by atoms with E-state index in [1.54, 1.807) is 0 Å². The van der Waals surface area contributed by atoms with E-state index in [9.17, 15) is 0 Å². The molecule has 0 aromatic carbocycles. The van der Waals surface area contributed by atoms with Gasteiger partial charge in [-0.1, -0.05) is 0 Å². The molecular weight excluding hydrogens is 162 g/mol. The van der Waals surface area contributed by atoms with Crippen molar-refractivity contribution in [3.05, 3.63) is 0 Å². The molecule has 76 valence electrons. The molecule has 2 fully saturated rings. The molecule has 2 unspecified atom stereocenters. The van der Waals surface area contributed by atoms with Crippen LogP contribution in [0, 0.1) is 5.92 Å². The van der Waals surface area contributed by atoms with Crippen LogP contribution >= 0.6 is 0 Å². The molecular formula is C11H21NO. The highest BCUT2D eigenvalue weighted by Crippen LogP contribution is 2.47. The summed E-state index contributed by atoms with van der Waals surface area (Å²) in [5, 5.41) is 0. The average Bonchev–Trinajstić information content (AvgIpc) is 2.86. The van der Waals surface area contributed by atoms with Gasteiger partial charge in [-0.2, -0.15) is 0 Å². The summed E-state index contributed by atoms with van der Waals surface area (Å²) in [6, 6.07) is 0. The van der Waals surface area contributed by atoms with E-state index < -0.39 is 0 Å². The van der Waals surface area contributed by atoms with Gasteiger partial charge in [-0.15, -0.1) is 0 Å². The van der Waals surface area contributed by atoms with Crippen LogP contribution in [0.5, 0.6) is 0 Å². The van der Waals surface area contributed by atoms with Crippen LogP contribution in [-0.2, 0) is 4.74 Å². The van der Waals surface area contributed by atoms with Crippen molar-refractivity contribution in [3.8, 4) is 0 Å². The van der Waals surface area contributed by atoms with Gasteiger partial charge in [-0.25, -0.2) is 0 Å². The van der Waals surface area contributed by atoms with Gasteiger partial charge in [0.25, 0.3) is 0 Å². The Bertz CT molecular complexity index is 177. The van der Waals surface area contributed by atoms with E-state index in [1.165, 1.54) is 32.1 Å². The van der Waals surface area contributed by atoms with Crippen molar-refractivity contribution in [3.63, 3.8) is 0 Å². The van der Waals surface area contributed by atoms with Gasteiger partial charge in [0.1, 0.15) is 0 Å². The lowest BCUT2D eigenvalue weighted by Gasteiger charge is -2.39. The van der Waals surface area contributed by atoms with Crippen LogP contribution in [0.3, 0.4) is 0 Å². The molecule has 0 aromatic rings. The van der Waals surface area contributed by atoms with Crippen LogP contribution in [-0.4, -0.2) is 18.2 Å². The van der Waals surface area contributed by atoms with Gasteiger partial charge in [0.05, 0.1) is 11.7 Å². The third kappa shape index (κ3) is 2.05. The van der Waals surface area contributed by atoms with Crippen molar-refractivity contribution in [1.29, 1.82) is 0 Å². The number of ether oxygens (including phenoxy) is 1. The number of hydrogen-bond acceptors (Lipinski definition) is 2. The lowest BCUT2D eigenvalue weighted by atomic mass is 9.88. The predicted octanol–water partition coefficient (Wildman–Crippen LogP) is 2.07. The molecule has 0 amide bonds. The number of hydrogen-bond donors (Lipinski definition) is 1. The SMILES string of the molecule is CC1(C2CC2)CCCC(CCN)O1. The van der Waals surface area contributed by atoms with Crippen molar-refractivity contribution < 1.29 is 4.74 Å². The number of rotatable bonds is 3. The van der Waals surface area contributed by atoms with Crippen molar-refractivity contribution >= 4 is 0 Å². The van der Waals surface area contributed by atoms with E-state index in [0.717, 1.165) is 18.9 Å². The molecule has 2 N–H and O–H groups in total. The molecule has 2 atom stereocenters. The Morgan fingerprint density at radius 2 is 2.15 bits per heavy atom. The van der Waals surface area contributed by atoms with E-state index in [0.29, 0.717) is 6.10 Å². The molecule has 2 aliphatic rings. The van der Waals surface area contributed by atoms with Gasteiger partial charge in [-0.3, -0.25) is 0 Å². The highest BCUT2D eigenvalue weighted by molar-refractivity contribution is 4.95. The molecule has 1 aliphatic carbocycles. The molecule has 0 bridgehead atoms. The minimum atomic E-state index is 0.206. The Balaban J connectivity index is 1.90. The second-order valence-corrected chi connectivity index (χ2v) is 4.80. The molecule has 2 rings (SSSR count). The molecule has 2 heteroatoms. The fourth-order valence-electron chi connectivity index (χ4n) is 2.56. The fourth-order valence-corrected chi connectivity index (χ4v) is 2.56. The Hall–Kier alpha value is -0.0800. The quantitative estimate of drug-likeness (QED) is 0.727. The zero-order valence-electron chi connectivity index (χ0n) is 8.59. The molecule has 13 heavy (non-hydrogen) atoms. The average molecular weight is 183 g/mol. The van der Waals surface area contributed by atoms with Crippen LogP contribution in [0.15, 0.2) is 0 Å². The third-order valence-electron chi connectivity index (χ3n) is 3.56. The minimum absolute atomic E-state index is 0.206. The first-order chi connectivity index (χ1) is 6.24. The monoisotopic (exact) mass is 183 g/mol. The molecule has 2 nitrogen and oxygen atoms in total. The highest BCUT2D eigenvalue weighted by Gasteiger charge is 2.45. The van der Waals surface area contributed by atoms with Crippen LogP contribution in [0.2, 0.25) is 0 Å². The summed E-state index contributed by atoms with van der Waals surface area (Å²) in [4.78, 5) is 0. The second kappa shape index (κ2) is 3.58. The van der Waals surface area contributed by atoms with Gasteiger partial charge in [0, 0.05) is 0 Å². The first kappa shape index (κ1) is 9.47. The zero-order valence-corrected chi connectivity index (χ0v) is 8.59. The Morgan fingerprint density at radius 3 is 2.77 bits per heavy atom. The van der Waals surface area contributed by atoms with Crippen LogP contribution in [0.4, 0.5) is 0 Å². The smallest absolute Gasteiger partial charge is 0.0686 e. The van der Waals surface area contributed by atoms with Gasteiger partial charge in [0.15, 0.2) is 0 Å². The van der Waals surface area contributed by atoms with E-state index in [-0.39, 0.29) is 5.60 Å². The Morgan fingerprint density at radius 1 is 1.38 bits per heavy atom. The Labute approximate surface area is 80.8 Å². The normalized spacial score (nSPS) is 40.6. The Kier molecular flexibility index (Phi) is 2.61. The topological polar surface area (TPSA) is 35.2 Å². The largest absolute Gasteiger partial charge is 0.372 e. The third-order valence-corrected chi connectivity index (χ3v) is 3.56. The summed E-state index contributed by atoms with van der Waals surface area (Å²) >= 11 is 0. The van der Waals surface area contributed by atoms with Crippen LogP contribution in [0.25, 0.3) is 0 Å². The van der Waals surface area contributed by atoms with Crippen molar-refractivity contribution in [2.75, 3.05) is 6.54 Å². The van der Waals surface area contributed by atoms with Gasteiger partial charge < -0.3 is 10.5 Å². The minimum Gasteiger partial charge on any atom is -0.372 e. The van der Waals surface area contributed by atoms with Crippen molar-refractivity contribution in [2.45, 2.75) is 57.2 Å². The molecule has 0 radical (unpaired) electrons. The maximum absolute atomic E-state index is 6.16. The lowest BCUT2D eigenvalue weighted by molar-refractivity contribution is -0.131. The van der Waals surface area contributed by atoms with E-state index in [2.05, 4.69) is 6.92 Å². The summed E-state index contributed by atoms with van der Waals surface area (Å²) in [5.41, 5.74) is 5.77. The second-order valence-electron chi connectivity index (χ2n) is 4.80. The van der Waals surface area contributed by atoms with E-state index >= 15 is 0 Å². The van der Waals surface area contributed by atoms with E-state index in [1.807, 2.05) is 0 Å². The maximum atomic E-state index is 6.16. The molecule has 1 aliphatic heterocycles. The molecule has 1 heterocycles. The molecule has 1 saturated carbocycles. The van der Waals surface area contributed by atoms with Gasteiger partial charge in [-0.05, 0) is 57.9 Å². The van der Waals surface area contributed by atoms with Crippen molar-refractivity contribution in [2.24, 2.45) is 11.7 Å². The lowest BCUT2D eigenvalue weighted by Crippen LogP contribution is -2.40. The first-order valence-corrected chi connectivity index (χ1v) is 5.62. The summed E-state index contributed by atoms with van der Waals surface area (Å²) in [5.74, 6) is 0.855. The summed E-state index contributed by atoms with van der Waals surface area (Å²) in [6.45, 7) is 3.07. The summed E-state index contributed by atoms with van der Waals surface area (Å²) in [6.07, 6.45) is 8.07. The maximum Gasteiger partial charge on any atom is 0.0686 e. The highest BCUT2D eigenvalue weighted by atomic mass is 16.5. The number of nitrogens with two attached hydrogens (primary N) is 1. The van der Waals surface area contributed by atoms with E-state index in [4.69, 9.17) is 10.5 Å². The molecule has 0 aromatic heterocycles. The fraction of sp³-hybridized carbons (Fsp3) is 1.00. The predicted molar refractivity (Wildman–Crippen MR) is 53.5 cm³/mol. The van der Waals surface area contributed by atoms with Crippen LogP contribution < -0.4 is 5.73 Å². The molecule has 0 spiro atoms. The standard InChI is InChI=1S/C11H21NO/c1-11(9-4-5-9)7-2-3-10(13-11)6-8-12/h9-10H,2-8,12H2,1H3. The van der Waals surface area contributed by atoms with Gasteiger partial charge >= 0.3 is 0 Å². The molecule has 1 saturated heterocycles. The summed E-state index contributed by atoms with van der Waals surface area (Å²) in [7, 11) is 0. The van der Waals surface area contributed by atoms with Gasteiger partial charge in [0.2, 0.25) is 0 Å². The first-order valence-electron chi connectivity index (χ1n) is 5.62. The zero-order chi connectivity index (χ0) is 9.31. The van der Waals surface area contributed by atoms with Crippen molar-refractivity contribution in [1.82, 2.24) is 0 Å². The van der Waals surface area contributed by atoms with Crippen LogP contribution in [0.1, 0.15) is 45.4 Å².